The molecule has 2 rings (SSSR count). The molecular formula is C19H26N2O. The number of unbranched alkanes of at least 4 members (excludes halogenated alkanes) is 3. The third-order valence-corrected chi connectivity index (χ3v) is 3.60. The molecule has 3 N–H and O–H groups in total. The zero-order valence-electron chi connectivity index (χ0n) is 13.3. The number of anilines is 2. The Balaban J connectivity index is 1.73. The van der Waals surface area contributed by atoms with E-state index in [0.717, 1.165) is 36.7 Å². The molecule has 3 nitrogen and oxygen atoms in total. The van der Waals surface area contributed by atoms with Crippen molar-refractivity contribution in [2.24, 2.45) is 0 Å². The number of hydrogen-bond acceptors (Lipinski definition) is 3. The molecule has 0 heterocycles. The fraction of sp³-hybridized carbons (Fsp3) is 0.368. The van der Waals surface area contributed by atoms with Crippen LogP contribution in [0.5, 0.6) is 5.75 Å². The number of nitrogens with one attached hydrogen (secondary N) is 1. The first-order chi connectivity index (χ1) is 10.8. The van der Waals surface area contributed by atoms with E-state index in [1.807, 2.05) is 36.4 Å². The number of hydrogen-bond donors (Lipinski definition) is 2. The van der Waals surface area contributed by atoms with Crippen LogP contribution in [-0.2, 0) is 6.54 Å². The molecule has 2 aromatic rings. The molecule has 0 spiro atoms. The van der Waals surface area contributed by atoms with Crippen molar-refractivity contribution in [1.82, 2.24) is 0 Å². The topological polar surface area (TPSA) is 47.3 Å². The summed E-state index contributed by atoms with van der Waals surface area (Å²) in [5.74, 6) is 0.939. The Morgan fingerprint density at radius 1 is 0.909 bits per heavy atom. The molecule has 0 bridgehead atoms. The molecule has 2 aromatic carbocycles. The van der Waals surface area contributed by atoms with E-state index in [-0.39, 0.29) is 0 Å². The summed E-state index contributed by atoms with van der Waals surface area (Å²) < 4.78 is 5.74. The van der Waals surface area contributed by atoms with Gasteiger partial charge in [-0.1, -0.05) is 38.3 Å². The number of nitrogens with two attached hydrogens (primary N) is 1. The smallest absolute Gasteiger partial charge is 0.119 e. The van der Waals surface area contributed by atoms with Crippen molar-refractivity contribution in [3.8, 4) is 5.75 Å². The molecule has 0 atom stereocenters. The summed E-state index contributed by atoms with van der Waals surface area (Å²) >= 11 is 0. The molecule has 0 aliphatic heterocycles. The Hall–Kier alpha value is -2.16. The molecule has 0 radical (unpaired) electrons. The van der Waals surface area contributed by atoms with Crippen molar-refractivity contribution >= 4 is 11.4 Å². The van der Waals surface area contributed by atoms with Gasteiger partial charge in [0.25, 0.3) is 0 Å². The van der Waals surface area contributed by atoms with E-state index in [1.54, 1.807) is 0 Å². The SMILES string of the molecule is CCCCCCOc1ccc(NCc2ccc(N)cc2)cc1. The molecule has 0 fully saturated rings. The van der Waals surface area contributed by atoms with E-state index < -0.39 is 0 Å². The van der Waals surface area contributed by atoms with E-state index in [9.17, 15) is 0 Å². The van der Waals surface area contributed by atoms with E-state index >= 15 is 0 Å². The lowest BCUT2D eigenvalue weighted by Crippen LogP contribution is -2.00. The van der Waals surface area contributed by atoms with Gasteiger partial charge in [0.05, 0.1) is 6.61 Å². The van der Waals surface area contributed by atoms with E-state index in [2.05, 4.69) is 24.4 Å². The summed E-state index contributed by atoms with van der Waals surface area (Å²) in [6, 6.07) is 16.1. The molecular weight excluding hydrogens is 272 g/mol. The molecule has 0 saturated heterocycles. The fourth-order valence-corrected chi connectivity index (χ4v) is 2.23. The van der Waals surface area contributed by atoms with Gasteiger partial charge in [-0.2, -0.15) is 0 Å². The fourth-order valence-electron chi connectivity index (χ4n) is 2.23. The molecule has 0 amide bonds. The van der Waals surface area contributed by atoms with Crippen molar-refractivity contribution in [3.63, 3.8) is 0 Å². The molecule has 0 aromatic heterocycles. The summed E-state index contributed by atoms with van der Waals surface area (Å²) in [7, 11) is 0. The molecule has 0 aliphatic carbocycles. The first-order valence-corrected chi connectivity index (χ1v) is 8.09. The van der Waals surface area contributed by atoms with E-state index in [1.165, 1.54) is 24.8 Å². The largest absolute Gasteiger partial charge is 0.494 e. The van der Waals surface area contributed by atoms with Crippen molar-refractivity contribution in [1.29, 1.82) is 0 Å². The predicted molar refractivity (Wildman–Crippen MR) is 94.3 cm³/mol. The van der Waals surface area contributed by atoms with Gasteiger partial charge in [0.15, 0.2) is 0 Å². The summed E-state index contributed by atoms with van der Waals surface area (Å²) in [6.45, 7) is 3.81. The second-order valence-corrected chi connectivity index (χ2v) is 5.53. The van der Waals surface area contributed by atoms with Crippen molar-refractivity contribution in [2.75, 3.05) is 17.7 Å². The third kappa shape index (κ3) is 5.68. The van der Waals surface area contributed by atoms with Crippen molar-refractivity contribution in [2.45, 2.75) is 39.2 Å². The Labute approximate surface area is 133 Å². The van der Waals surface area contributed by atoms with Crippen LogP contribution in [0.15, 0.2) is 48.5 Å². The number of benzene rings is 2. The summed E-state index contributed by atoms with van der Waals surface area (Å²) in [6.07, 6.45) is 4.93. The lowest BCUT2D eigenvalue weighted by atomic mass is 10.2. The van der Waals surface area contributed by atoms with Crippen LogP contribution >= 0.6 is 0 Å². The van der Waals surface area contributed by atoms with Gasteiger partial charge >= 0.3 is 0 Å². The highest BCUT2D eigenvalue weighted by Gasteiger charge is 1.97. The minimum absolute atomic E-state index is 0.789. The van der Waals surface area contributed by atoms with E-state index in [0.29, 0.717) is 0 Å². The van der Waals surface area contributed by atoms with Crippen LogP contribution in [0, 0.1) is 0 Å². The van der Waals surface area contributed by atoms with Crippen LogP contribution in [0.4, 0.5) is 11.4 Å². The van der Waals surface area contributed by atoms with Crippen LogP contribution < -0.4 is 15.8 Å². The Bertz CT molecular complexity index is 534. The van der Waals surface area contributed by atoms with Crippen LogP contribution in [0.1, 0.15) is 38.2 Å². The quantitative estimate of drug-likeness (QED) is 0.514. The molecule has 3 heteroatoms. The zero-order valence-corrected chi connectivity index (χ0v) is 13.3. The van der Waals surface area contributed by atoms with Gasteiger partial charge in [-0.3, -0.25) is 0 Å². The Morgan fingerprint density at radius 3 is 2.32 bits per heavy atom. The summed E-state index contributed by atoms with van der Waals surface area (Å²) in [5, 5.41) is 3.40. The first kappa shape index (κ1) is 16.2. The lowest BCUT2D eigenvalue weighted by Gasteiger charge is -2.09. The maximum atomic E-state index is 5.74. The van der Waals surface area contributed by atoms with Gasteiger partial charge in [-0.15, -0.1) is 0 Å². The van der Waals surface area contributed by atoms with Gasteiger partial charge in [0, 0.05) is 17.9 Å². The monoisotopic (exact) mass is 298 g/mol. The highest BCUT2D eigenvalue weighted by Crippen LogP contribution is 2.17. The second kappa shape index (κ2) is 8.98. The maximum absolute atomic E-state index is 5.74. The van der Waals surface area contributed by atoms with Gasteiger partial charge in [-0.05, 0) is 48.4 Å². The van der Waals surface area contributed by atoms with Gasteiger partial charge in [0.2, 0.25) is 0 Å². The number of ether oxygens (including phenoxy) is 1. The van der Waals surface area contributed by atoms with Crippen molar-refractivity contribution in [3.05, 3.63) is 54.1 Å². The van der Waals surface area contributed by atoms with Crippen LogP contribution in [0.25, 0.3) is 0 Å². The molecule has 0 saturated carbocycles. The van der Waals surface area contributed by atoms with Gasteiger partial charge in [0.1, 0.15) is 5.75 Å². The van der Waals surface area contributed by atoms with E-state index in [4.69, 9.17) is 10.5 Å². The highest BCUT2D eigenvalue weighted by molar-refractivity contribution is 5.47. The number of nitrogen functional groups attached to an aromatic ring is 1. The van der Waals surface area contributed by atoms with Gasteiger partial charge < -0.3 is 15.8 Å². The van der Waals surface area contributed by atoms with Crippen LogP contribution in [0.3, 0.4) is 0 Å². The van der Waals surface area contributed by atoms with Crippen molar-refractivity contribution < 1.29 is 4.74 Å². The zero-order chi connectivity index (χ0) is 15.6. The molecule has 0 unspecified atom stereocenters. The summed E-state index contributed by atoms with van der Waals surface area (Å²) in [4.78, 5) is 0. The maximum Gasteiger partial charge on any atom is 0.119 e. The second-order valence-electron chi connectivity index (χ2n) is 5.53. The third-order valence-electron chi connectivity index (χ3n) is 3.60. The summed E-state index contributed by atoms with van der Waals surface area (Å²) in [5.41, 5.74) is 8.78. The molecule has 22 heavy (non-hydrogen) atoms. The lowest BCUT2D eigenvalue weighted by molar-refractivity contribution is 0.305. The minimum atomic E-state index is 0.789. The average Bonchev–Trinajstić information content (AvgIpc) is 2.55. The van der Waals surface area contributed by atoms with Crippen LogP contribution in [0.2, 0.25) is 0 Å². The Kier molecular flexibility index (Phi) is 6.62. The predicted octanol–water partition coefficient (Wildman–Crippen LogP) is 4.84. The standard InChI is InChI=1S/C19H26N2O/c1-2-3-4-5-14-22-19-12-10-18(11-13-19)21-15-16-6-8-17(20)9-7-16/h6-13,21H,2-5,14-15,20H2,1H3. The molecule has 118 valence electrons. The first-order valence-electron chi connectivity index (χ1n) is 8.09. The van der Waals surface area contributed by atoms with Crippen LogP contribution in [-0.4, -0.2) is 6.61 Å². The average molecular weight is 298 g/mol. The minimum Gasteiger partial charge on any atom is -0.494 e. The normalized spacial score (nSPS) is 10.4. The van der Waals surface area contributed by atoms with Gasteiger partial charge in [-0.25, -0.2) is 0 Å². The number of rotatable bonds is 9. The Morgan fingerprint density at radius 2 is 1.64 bits per heavy atom. The highest BCUT2D eigenvalue weighted by atomic mass is 16.5. The molecule has 0 aliphatic rings.